The number of rotatable bonds is 7. The molecule has 2 N–H and O–H groups in total. The number of anilines is 2. The molecule has 0 aliphatic carbocycles. The lowest BCUT2D eigenvalue weighted by atomic mass is 9.98. The predicted molar refractivity (Wildman–Crippen MR) is 129 cm³/mol. The van der Waals surface area contributed by atoms with Gasteiger partial charge in [0.25, 0.3) is 5.91 Å². The maximum absolute atomic E-state index is 12.4. The minimum atomic E-state index is -0.325. The molecule has 0 spiro atoms. The van der Waals surface area contributed by atoms with Gasteiger partial charge in [-0.15, -0.1) is 0 Å². The number of pyridine rings is 1. The molecule has 6 nitrogen and oxygen atoms in total. The first-order chi connectivity index (χ1) is 15.7. The van der Waals surface area contributed by atoms with Gasteiger partial charge >= 0.3 is 0 Å². The highest BCUT2D eigenvalue weighted by atomic mass is 35.5. The summed E-state index contributed by atoms with van der Waals surface area (Å²) in [5.74, 6) is 0.629. The van der Waals surface area contributed by atoms with E-state index in [1.54, 1.807) is 12.1 Å². The second kappa shape index (κ2) is 10.9. The smallest absolute Gasteiger partial charge is 0.290 e. The molecule has 164 valence electrons. The van der Waals surface area contributed by atoms with Crippen LogP contribution in [0.15, 0.2) is 77.9 Å². The van der Waals surface area contributed by atoms with E-state index in [2.05, 4.69) is 31.8 Å². The third-order valence-corrected chi connectivity index (χ3v) is 5.83. The number of hydrogen-bond donors (Lipinski definition) is 2. The lowest BCUT2D eigenvalue weighted by Crippen LogP contribution is -2.34. The van der Waals surface area contributed by atoms with E-state index in [9.17, 15) is 4.79 Å². The summed E-state index contributed by atoms with van der Waals surface area (Å²) >= 11 is 6.27. The Balaban J connectivity index is 1.24. The van der Waals surface area contributed by atoms with Gasteiger partial charge < -0.3 is 5.32 Å². The van der Waals surface area contributed by atoms with Crippen LogP contribution >= 0.6 is 11.6 Å². The second-order valence-electron chi connectivity index (χ2n) is 7.82. The zero-order valence-electron chi connectivity index (χ0n) is 17.7. The Morgan fingerprint density at radius 1 is 1.03 bits per heavy atom. The maximum Gasteiger partial charge on any atom is 0.290 e. The van der Waals surface area contributed by atoms with Crippen LogP contribution in [-0.2, 0) is 6.54 Å². The van der Waals surface area contributed by atoms with Gasteiger partial charge in [-0.05, 0) is 67.7 Å². The summed E-state index contributed by atoms with van der Waals surface area (Å²) in [5, 5.41) is 8.19. The molecule has 0 atom stereocenters. The number of piperidine rings is 1. The van der Waals surface area contributed by atoms with Crippen molar-refractivity contribution in [3.63, 3.8) is 0 Å². The van der Waals surface area contributed by atoms with Gasteiger partial charge in [-0.1, -0.05) is 54.1 Å². The fourth-order valence-electron chi connectivity index (χ4n) is 3.69. The molecule has 1 amide bonds. The Morgan fingerprint density at radius 2 is 1.78 bits per heavy atom. The Bertz CT molecular complexity index is 1060. The number of nitrogens with one attached hydrogen (secondary N) is 2. The molecule has 32 heavy (non-hydrogen) atoms. The molecule has 2 heterocycles. The number of carbonyl (C=O) groups is 1. The molecule has 0 radical (unpaired) electrons. The van der Waals surface area contributed by atoms with Gasteiger partial charge in [0.2, 0.25) is 0 Å². The zero-order chi connectivity index (χ0) is 22.2. The largest absolute Gasteiger partial charge is 0.340 e. The Kier molecular flexibility index (Phi) is 7.48. The third-order valence-electron chi connectivity index (χ3n) is 5.46. The molecule has 1 aliphatic heterocycles. The van der Waals surface area contributed by atoms with Crippen molar-refractivity contribution in [1.29, 1.82) is 0 Å². The van der Waals surface area contributed by atoms with Crippen LogP contribution in [0.25, 0.3) is 0 Å². The number of hydrogen-bond acceptors (Lipinski definition) is 5. The summed E-state index contributed by atoms with van der Waals surface area (Å²) in [5.41, 5.74) is 4.99. The summed E-state index contributed by atoms with van der Waals surface area (Å²) < 4.78 is 0. The van der Waals surface area contributed by atoms with Crippen molar-refractivity contribution >= 4 is 35.2 Å². The van der Waals surface area contributed by atoms with E-state index in [-0.39, 0.29) is 5.91 Å². The highest BCUT2D eigenvalue weighted by Crippen LogP contribution is 2.21. The van der Waals surface area contributed by atoms with Crippen LogP contribution < -0.4 is 10.7 Å². The number of carbonyl (C=O) groups excluding carboxylic acids is 1. The molecule has 0 unspecified atom stereocenters. The Labute approximate surface area is 193 Å². The number of aromatic nitrogens is 1. The summed E-state index contributed by atoms with van der Waals surface area (Å²) in [7, 11) is 0. The highest BCUT2D eigenvalue weighted by Gasteiger charge is 2.18. The Morgan fingerprint density at radius 3 is 2.56 bits per heavy atom. The van der Waals surface area contributed by atoms with E-state index in [1.807, 2.05) is 60.8 Å². The lowest BCUT2D eigenvalue weighted by Gasteiger charge is -2.30. The summed E-state index contributed by atoms with van der Waals surface area (Å²) in [6.45, 7) is 2.81. The van der Waals surface area contributed by atoms with Crippen molar-refractivity contribution in [2.45, 2.75) is 19.4 Å². The van der Waals surface area contributed by atoms with Crippen molar-refractivity contribution in [3.8, 4) is 0 Å². The molecule has 2 aromatic carbocycles. The van der Waals surface area contributed by atoms with Gasteiger partial charge in [0.1, 0.15) is 11.5 Å². The van der Waals surface area contributed by atoms with Crippen molar-refractivity contribution in [1.82, 2.24) is 15.3 Å². The van der Waals surface area contributed by atoms with E-state index in [0.717, 1.165) is 48.7 Å². The number of amides is 1. The van der Waals surface area contributed by atoms with Gasteiger partial charge in [0, 0.05) is 23.5 Å². The van der Waals surface area contributed by atoms with Crippen LogP contribution in [-0.4, -0.2) is 35.1 Å². The SMILES string of the molecule is O=C(NN=CC1CCN(Cc2ccccc2Cl)CC1)c1cccc(Nc2ccccc2)n1. The minimum Gasteiger partial charge on any atom is -0.340 e. The molecule has 1 fully saturated rings. The van der Waals surface area contributed by atoms with Crippen molar-refractivity contribution < 1.29 is 4.79 Å². The molecule has 4 rings (SSSR count). The number of para-hydroxylation sites is 1. The van der Waals surface area contributed by atoms with Crippen LogP contribution in [0.1, 0.15) is 28.9 Å². The van der Waals surface area contributed by atoms with E-state index in [1.165, 1.54) is 0 Å². The number of likely N-dealkylation sites (tertiary alicyclic amines) is 1. The summed E-state index contributed by atoms with van der Waals surface area (Å²) in [6, 6.07) is 23.0. The van der Waals surface area contributed by atoms with Crippen molar-refractivity contribution in [2.24, 2.45) is 11.0 Å². The first kappa shape index (κ1) is 22.0. The first-order valence-corrected chi connectivity index (χ1v) is 11.1. The number of benzene rings is 2. The fraction of sp³-hybridized carbons (Fsp3) is 0.240. The van der Waals surface area contributed by atoms with Gasteiger partial charge in [-0.25, -0.2) is 10.4 Å². The number of nitrogens with zero attached hydrogens (tertiary/aromatic N) is 3. The summed E-state index contributed by atoms with van der Waals surface area (Å²) in [4.78, 5) is 19.2. The molecule has 7 heteroatoms. The first-order valence-electron chi connectivity index (χ1n) is 10.8. The zero-order valence-corrected chi connectivity index (χ0v) is 18.5. The molecule has 0 saturated carbocycles. The average molecular weight is 448 g/mol. The Hall–Kier alpha value is -3.22. The molecular weight excluding hydrogens is 422 g/mol. The maximum atomic E-state index is 12.4. The van der Waals surface area contributed by atoms with E-state index in [4.69, 9.17) is 11.6 Å². The van der Waals surface area contributed by atoms with Crippen LogP contribution in [0.5, 0.6) is 0 Å². The van der Waals surface area contributed by atoms with Crippen molar-refractivity contribution in [3.05, 3.63) is 89.1 Å². The minimum absolute atomic E-state index is 0.317. The van der Waals surface area contributed by atoms with Gasteiger partial charge in [-0.3, -0.25) is 9.69 Å². The highest BCUT2D eigenvalue weighted by molar-refractivity contribution is 6.31. The number of halogens is 1. The van der Waals surface area contributed by atoms with Crippen molar-refractivity contribution in [2.75, 3.05) is 18.4 Å². The van der Waals surface area contributed by atoms with Gasteiger partial charge in [0.15, 0.2) is 0 Å². The quantitative estimate of drug-likeness (QED) is 0.390. The van der Waals surface area contributed by atoms with E-state index >= 15 is 0 Å². The topological polar surface area (TPSA) is 69.6 Å². The molecule has 1 saturated heterocycles. The molecule has 1 aromatic heterocycles. The van der Waals surface area contributed by atoms with Gasteiger partial charge in [0.05, 0.1) is 0 Å². The van der Waals surface area contributed by atoms with Gasteiger partial charge in [-0.2, -0.15) is 5.10 Å². The lowest BCUT2D eigenvalue weighted by molar-refractivity contribution is 0.0950. The van der Waals surface area contributed by atoms with Crippen LogP contribution in [0.2, 0.25) is 5.02 Å². The predicted octanol–water partition coefficient (Wildman–Crippen LogP) is 5.11. The summed E-state index contributed by atoms with van der Waals surface area (Å²) in [6.07, 6.45) is 3.84. The molecule has 1 aliphatic rings. The van der Waals surface area contributed by atoms with Crippen LogP contribution in [0.4, 0.5) is 11.5 Å². The standard InChI is InChI=1S/C25H26ClN5O/c26-22-10-5-4-7-20(22)18-31-15-13-19(14-16-31)17-27-30-25(32)23-11-6-12-24(29-23)28-21-8-2-1-3-9-21/h1-12,17,19H,13-16,18H2,(H,28,29)(H,30,32). The van der Waals surface area contributed by atoms with Crippen LogP contribution in [0, 0.1) is 5.92 Å². The van der Waals surface area contributed by atoms with Crippen LogP contribution in [0.3, 0.4) is 0 Å². The normalized spacial score (nSPS) is 15.0. The molecule has 0 bridgehead atoms. The second-order valence-corrected chi connectivity index (χ2v) is 8.23. The fourth-order valence-corrected chi connectivity index (χ4v) is 3.88. The molecule has 3 aromatic rings. The number of hydrazone groups is 1. The monoisotopic (exact) mass is 447 g/mol. The molecular formula is C25H26ClN5O. The third kappa shape index (κ3) is 6.15. The average Bonchev–Trinajstić information content (AvgIpc) is 2.82. The van der Waals surface area contributed by atoms with E-state index < -0.39 is 0 Å². The van der Waals surface area contributed by atoms with E-state index in [0.29, 0.717) is 17.4 Å².